The van der Waals surface area contributed by atoms with E-state index < -0.39 is 17.7 Å². The van der Waals surface area contributed by atoms with Crippen molar-refractivity contribution < 1.29 is 14.6 Å². The highest BCUT2D eigenvalue weighted by Gasteiger charge is 2.44. The van der Waals surface area contributed by atoms with E-state index in [9.17, 15) is 9.90 Å². The molecule has 0 aromatic rings. The lowest BCUT2D eigenvalue weighted by molar-refractivity contribution is -0.170. The molecule has 3 heteroatoms. The topological polar surface area (TPSA) is 46.5 Å². The first-order chi connectivity index (χ1) is 6.77. The Morgan fingerprint density at radius 1 is 1.53 bits per heavy atom. The van der Waals surface area contributed by atoms with Gasteiger partial charge in [-0.15, -0.1) is 0 Å². The van der Waals surface area contributed by atoms with E-state index >= 15 is 0 Å². The molecule has 1 fully saturated rings. The summed E-state index contributed by atoms with van der Waals surface area (Å²) in [5, 5.41) is 10.2. The highest BCUT2D eigenvalue weighted by molar-refractivity contribution is 5.81. The van der Waals surface area contributed by atoms with Crippen molar-refractivity contribution in [2.45, 2.75) is 51.7 Å². The van der Waals surface area contributed by atoms with Crippen molar-refractivity contribution in [1.29, 1.82) is 0 Å². The van der Waals surface area contributed by atoms with Gasteiger partial charge in [0.2, 0.25) is 0 Å². The number of aliphatic hydroxyl groups is 1. The SMILES string of the molecule is C=CC(=O)OC1CCC(C)(C)CC1(C)O. The summed E-state index contributed by atoms with van der Waals surface area (Å²) in [6, 6.07) is 0. The van der Waals surface area contributed by atoms with Gasteiger partial charge in [0, 0.05) is 6.08 Å². The van der Waals surface area contributed by atoms with Crippen molar-refractivity contribution in [3.63, 3.8) is 0 Å². The Kier molecular flexibility index (Phi) is 3.24. The highest BCUT2D eigenvalue weighted by Crippen LogP contribution is 2.42. The van der Waals surface area contributed by atoms with Crippen molar-refractivity contribution in [3.05, 3.63) is 12.7 Å². The minimum absolute atomic E-state index is 0.112. The third kappa shape index (κ3) is 3.06. The lowest BCUT2D eigenvalue weighted by atomic mass is 9.69. The van der Waals surface area contributed by atoms with E-state index in [0.29, 0.717) is 12.8 Å². The van der Waals surface area contributed by atoms with E-state index in [4.69, 9.17) is 4.74 Å². The second-order valence-corrected chi connectivity index (χ2v) is 5.37. The first-order valence-corrected chi connectivity index (χ1v) is 5.32. The maximum atomic E-state index is 11.1. The van der Waals surface area contributed by atoms with E-state index in [0.717, 1.165) is 12.5 Å². The summed E-state index contributed by atoms with van der Waals surface area (Å²) < 4.78 is 5.14. The standard InChI is InChI=1S/C12H20O3/c1-5-10(13)15-9-6-7-11(2,3)8-12(9,4)14/h5,9,14H,1,6-8H2,2-4H3. The van der Waals surface area contributed by atoms with Crippen LogP contribution in [-0.2, 0) is 9.53 Å². The van der Waals surface area contributed by atoms with Crippen LogP contribution in [0.15, 0.2) is 12.7 Å². The molecule has 2 atom stereocenters. The van der Waals surface area contributed by atoms with Crippen LogP contribution in [0.25, 0.3) is 0 Å². The van der Waals surface area contributed by atoms with Crippen LogP contribution in [0.5, 0.6) is 0 Å². The summed E-state index contributed by atoms with van der Waals surface area (Å²) in [6.07, 6.45) is 3.04. The minimum atomic E-state index is -0.930. The fourth-order valence-electron chi connectivity index (χ4n) is 2.38. The highest BCUT2D eigenvalue weighted by atomic mass is 16.6. The number of carbonyl (C=O) groups excluding carboxylic acids is 1. The smallest absolute Gasteiger partial charge is 0.330 e. The van der Waals surface area contributed by atoms with Gasteiger partial charge < -0.3 is 9.84 Å². The normalized spacial score (nSPS) is 34.5. The molecular formula is C12H20O3. The summed E-state index contributed by atoms with van der Waals surface area (Å²) in [4.78, 5) is 11.1. The molecule has 15 heavy (non-hydrogen) atoms. The van der Waals surface area contributed by atoms with Crippen LogP contribution in [0.2, 0.25) is 0 Å². The Balaban J connectivity index is 2.68. The van der Waals surface area contributed by atoms with Gasteiger partial charge in [-0.1, -0.05) is 20.4 Å². The molecule has 0 radical (unpaired) electrons. The summed E-state index contributed by atoms with van der Waals surface area (Å²) in [5.41, 5.74) is -0.818. The molecule has 0 bridgehead atoms. The molecule has 0 heterocycles. The number of ether oxygens (including phenoxy) is 1. The second kappa shape index (κ2) is 3.97. The molecule has 2 unspecified atom stereocenters. The van der Waals surface area contributed by atoms with Crippen molar-refractivity contribution in [3.8, 4) is 0 Å². The first kappa shape index (κ1) is 12.2. The van der Waals surface area contributed by atoms with Gasteiger partial charge in [-0.3, -0.25) is 0 Å². The Morgan fingerprint density at radius 2 is 2.13 bits per heavy atom. The van der Waals surface area contributed by atoms with Gasteiger partial charge in [-0.25, -0.2) is 4.79 Å². The van der Waals surface area contributed by atoms with Crippen LogP contribution in [0, 0.1) is 5.41 Å². The van der Waals surface area contributed by atoms with Crippen LogP contribution in [0.1, 0.15) is 40.0 Å². The van der Waals surface area contributed by atoms with E-state index in [1.54, 1.807) is 6.92 Å². The number of esters is 1. The van der Waals surface area contributed by atoms with Crippen molar-refractivity contribution in [1.82, 2.24) is 0 Å². The maximum Gasteiger partial charge on any atom is 0.330 e. The average Bonchev–Trinajstić information content (AvgIpc) is 2.07. The van der Waals surface area contributed by atoms with Gasteiger partial charge in [-0.05, 0) is 31.6 Å². The van der Waals surface area contributed by atoms with Gasteiger partial charge in [0.25, 0.3) is 0 Å². The molecule has 0 aliphatic heterocycles. The second-order valence-electron chi connectivity index (χ2n) is 5.37. The van der Waals surface area contributed by atoms with Crippen LogP contribution >= 0.6 is 0 Å². The fraction of sp³-hybridized carbons (Fsp3) is 0.750. The Hall–Kier alpha value is -0.830. The van der Waals surface area contributed by atoms with Gasteiger partial charge in [0.05, 0.1) is 5.60 Å². The first-order valence-electron chi connectivity index (χ1n) is 5.32. The number of rotatable bonds is 2. The third-order valence-corrected chi connectivity index (χ3v) is 3.04. The van der Waals surface area contributed by atoms with Crippen molar-refractivity contribution >= 4 is 5.97 Å². The number of hydrogen-bond acceptors (Lipinski definition) is 3. The average molecular weight is 212 g/mol. The molecule has 0 saturated heterocycles. The molecule has 1 N–H and O–H groups in total. The van der Waals surface area contributed by atoms with Gasteiger partial charge >= 0.3 is 5.97 Å². The molecule has 0 aromatic carbocycles. The molecular weight excluding hydrogens is 192 g/mol. The van der Waals surface area contributed by atoms with Gasteiger partial charge in [0.1, 0.15) is 6.10 Å². The van der Waals surface area contributed by atoms with E-state index in [1.165, 1.54) is 0 Å². The summed E-state index contributed by atoms with van der Waals surface area (Å²) in [5.74, 6) is -0.458. The molecule has 3 nitrogen and oxygen atoms in total. The van der Waals surface area contributed by atoms with Gasteiger partial charge in [-0.2, -0.15) is 0 Å². The van der Waals surface area contributed by atoms with E-state index in [1.807, 2.05) is 0 Å². The molecule has 0 aromatic heterocycles. The maximum absolute atomic E-state index is 11.1. The Morgan fingerprint density at radius 3 is 2.60 bits per heavy atom. The summed E-state index contributed by atoms with van der Waals surface area (Å²) in [7, 11) is 0. The van der Waals surface area contributed by atoms with Crippen molar-refractivity contribution in [2.75, 3.05) is 0 Å². The predicted molar refractivity (Wildman–Crippen MR) is 58.3 cm³/mol. The van der Waals surface area contributed by atoms with Crippen LogP contribution < -0.4 is 0 Å². The van der Waals surface area contributed by atoms with E-state index in [-0.39, 0.29) is 5.41 Å². The number of carbonyl (C=O) groups is 1. The molecule has 1 saturated carbocycles. The van der Waals surface area contributed by atoms with Crippen LogP contribution in [-0.4, -0.2) is 22.8 Å². The summed E-state index contributed by atoms with van der Waals surface area (Å²) >= 11 is 0. The molecule has 1 aliphatic carbocycles. The zero-order valence-electron chi connectivity index (χ0n) is 9.75. The minimum Gasteiger partial charge on any atom is -0.456 e. The quantitative estimate of drug-likeness (QED) is 0.563. The monoisotopic (exact) mass is 212 g/mol. The van der Waals surface area contributed by atoms with E-state index in [2.05, 4.69) is 20.4 Å². The predicted octanol–water partition coefficient (Wildman–Crippen LogP) is 2.05. The Bertz CT molecular complexity index is 266. The molecule has 0 amide bonds. The largest absolute Gasteiger partial charge is 0.456 e. The zero-order valence-corrected chi connectivity index (χ0v) is 9.75. The lowest BCUT2D eigenvalue weighted by Gasteiger charge is -2.44. The molecule has 1 aliphatic rings. The van der Waals surface area contributed by atoms with Crippen LogP contribution in [0.3, 0.4) is 0 Å². The lowest BCUT2D eigenvalue weighted by Crippen LogP contribution is -2.49. The Labute approximate surface area is 91.1 Å². The van der Waals surface area contributed by atoms with Crippen molar-refractivity contribution in [2.24, 2.45) is 5.41 Å². The van der Waals surface area contributed by atoms with Gasteiger partial charge in [0.15, 0.2) is 0 Å². The fourth-order valence-corrected chi connectivity index (χ4v) is 2.38. The molecule has 1 rings (SSSR count). The molecule has 0 spiro atoms. The summed E-state index contributed by atoms with van der Waals surface area (Å²) in [6.45, 7) is 9.31. The third-order valence-electron chi connectivity index (χ3n) is 3.04. The van der Waals surface area contributed by atoms with Crippen LogP contribution in [0.4, 0.5) is 0 Å². The molecule has 86 valence electrons. The number of hydrogen-bond donors (Lipinski definition) is 1. The zero-order chi connectivity index (χ0) is 11.7.